The van der Waals surface area contributed by atoms with Crippen molar-refractivity contribution in [1.82, 2.24) is 0 Å². The van der Waals surface area contributed by atoms with E-state index in [-0.39, 0.29) is 0 Å². The summed E-state index contributed by atoms with van der Waals surface area (Å²) in [6.45, 7) is 0. The molecular weight excluding hydrogens is 503 g/mol. The van der Waals surface area contributed by atoms with Gasteiger partial charge in [-0.2, -0.15) is 0 Å². The van der Waals surface area contributed by atoms with Crippen LogP contribution in [0, 0.1) is 0 Å². The Morgan fingerprint density at radius 1 is 0.325 bits per heavy atom. The lowest BCUT2D eigenvalue weighted by Gasteiger charge is -2.18. The maximum Gasteiger partial charge on any atom is 0.415 e. The smallest absolute Gasteiger partial charge is 0.0622 e. The fraction of sp³-hybridized carbons (Fsp3) is 0. The van der Waals surface area contributed by atoms with Gasteiger partial charge in [0.15, 0.2) is 10.6 Å². The maximum atomic E-state index is 13.4. The molecule has 0 aliphatic rings. The van der Waals surface area contributed by atoms with Crippen molar-refractivity contribution in [1.29, 1.82) is 0 Å². The molecule has 0 aromatic heterocycles. The van der Waals surface area contributed by atoms with Gasteiger partial charge in [-0.15, -0.1) is 0 Å². The lowest BCUT2D eigenvalue weighted by atomic mass is 9.85. The van der Waals surface area contributed by atoms with Gasteiger partial charge in [0, 0.05) is 0 Å². The van der Waals surface area contributed by atoms with Crippen molar-refractivity contribution in [2.24, 2.45) is 0 Å². The van der Waals surface area contributed by atoms with Crippen LogP contribution >= 0.6 is 7.80 Å². The van der Waals surface area contributed by atoms with Gasteiger partial charge >= 0.3 is 7.80 Å². The SMILES string of the molecule is O=[P+](c1ccccc1)c1cccc(-c2ccc3c(-c4ccccc4)c4ccccc4c(-c4ccccc4)c3c2)c1. The standard InChI is InChI=1S/C38H26OP/c39-40(31-18-8-3-9-19-31)32-20-12-17-29(25-32)30-23-24-35-36(26-30)38(28-15-6-2-7-16-28)34-22-11-10-21-33(34)37(35)27-13-4-1-5-14-27/h1-26H/q+1. The van der Waals surface area contributed by atoms with Gasteiger partial charge in [0.05, 0.1) is 0 Å². The van der Waals surface area contributed by atoms with E-state index in [0.29, 0.717) is 0 Å². The summed E-state index contributed by atoms with van der Waals surface area (Å²) in [5.74, 6) is 0. The molecular formula is C38H26OP+. The Morgan fingerprint density at radius 3 is 1.40 bits per heavy atom. The summed E-state index contributed by atoms with van der Waals surface area (Å²) in [4.78, 5) is 0. The number of hydrogen-bond donors (Lipinski definition) is 0. The van der Waals surface area contributed by atoms with Gasteiger partial charge in [0.25, 0.3) is 0 Å². The Kier molecular flexibility index (Phi) is 6.28. The molecule has 0 saturated carbocycles. The van der Waals surface area contributed by atoms with Crippen LogP contribution in [0.4, 0.5) is 0 Å². The van der Waals surface area contributed by atoms with Gasteiger partial charge < -0.3 is 0 Å². The Balaban J connectivity index is 1.50. The summed E-state index contributed by atoms with van der Waals surface area (Å²) in [5, 5.41) is 6.59. The number of benzene rings is 7. The topological polar surface area (TPSA) is 17.1 Å². The molecule has 0 spiro atoms. The molecule has 0 bridgehead atoms. The molecule has 7 rings (SSSR count). The molecule has 40 heavy (non-hydrogen) atoms. The molecule has 1 unspecified atom stereocenters. The largest absolute Gasteiger partial charge is 0.415 e. The molecule has 0 fully saturated rings. The molecule has 7 aromatic carbocycles. The van der Waals surface area contributed by atoms with Crippen molar-refractivity contribution < 1.29 is 4.57 Å². The minimum absolute atomic E-state index is 0.838. The van der Waals surface area contributed by atoms with E-state index in [9.17, 15) is 4.57 Å². The average molecular weight is 530 g/mol. The Labute approximate surface area is 235 Å². The summed E-state index contributed by atoms with van der Waals surface area (Å²) < 4.78 is 13.4. The van der Waals surface area contributed by atoms with E-state index in [0.717, 1.165) is 21.7 Å². The number of rotatable bonds is 5. The number of fused-ring (bicyclic) bond motifs is 2. The van der Waals surface area contributed by atoms with E-state index in [4.69, 9.17) is 0 Å². The molecule has 0 amide bonds. The Morgan fingerprint density at radius 2 is 0.775 bits per heavy atom. The fourth-order valence-corrected chi connectivity index (χ4v) is 6.93. The zero-order valence-corrected chi connectivity index (χ0v) is 22.8. The highest BCUT2D eigenvalue weighted by atomic mass is 31.1. The molecule has 2 heteroatoms. The van der Waals surface area contributed by atoms with Crippen LogP contribution in [0.3, 0.4) is 0 Å². The molecule has 0 N–H and O–H groups in total. The van der Waals surface area contributed by atoms with Crippen LogP contribution in [0.15, 0.2) is 158 Å². The molecule has 0 saturated heterocycles. The molecule has 1 nitrogen and oxygen atoms in total. The fourth-order valence-electron chi connectivity index (χ4n) is 5.71. The van der Waals surface area contributed by atoms with Gasteiger partial charge in [-0.25, -0.2) is 0 Å². The molecule has 7 aromatic rings. The van der Waals surface area contributed by atoms with Crippen LogP contribution < -0.4 is 10.6 Å². The first-order valence-electron chi connectivity index (χ1n) is 13.5. The van der Waals surface area contributed by atoms with Crippen molar-refractivity contribution >= 4 is 40.0 Å². The molecule has 1 atom stereocenters. The minimum Gasteiger partial charge on any atom is -0.0622 e. The average Bonchev–Trinajstić information content (AvgIpc) is 3.04. The quantitative estimate of drug-likeness (QED) is 0.160. The molecule has 0 aliphatic heterocycles. The van der Waals surface area contributed by atoms with E-state index in [1.54, 1.807) is 0 Å². The first-order chi connectivity index (χ1) is 19.8. The van der Waals surface area contributed by atoms with Gasteiger partial charge in [-0.3, -0.25) is 0 Å². The van der Waals surface area contributed by atoms with Gasteiger partial charge in [0.1, 0.15) is 0 Å². The molecule has 188 valence electrons. The lowest BCUT2D eigenvalue weighted by molar-refractivity contribution is 0.598. The van der Waals surface area contributed by atoms with E-state index >= 15 is 0 Å². The predicted octanol–water partition coefficient (Wildman–Crippen LogP) is 9.77. The lowest BCUT2D eigenvalue weighted by Crippen LogP contribution is -2.06. The zero-order valence-electron chi connectivity index (χ0n) is 21.9. The normalized spacial score (nSPS) is 11.6. The maximum absolute atomic E-state index is 13.4. The second kappa shape index (κ2) is 10.4. The van der Waals surface area contributed by atoms with Gasteiger partial charge in [0.2, 0.25) is 0 Å². The van der Waals surface area contributed by atoms with Crippen LogP contribution in [-0.4, -0.2) is 0 Å². The Bertz CT molecular complexity index is 2000. The zero-order chi connectivity index (χ0) is 26.9. The van der Waals surface area contributed by atoms with Crippen LogP contribution in [0.5, 0.6) is 0 Å². The summed E-state index contributed by atoms with van der Waals surface area (Å²) >= 11 is 0. The Hall–Kier alpha value is -4.84. The van der Waals surface area contributed by atoms with E-state index in [2.05, 4.69) is 115 Å². The van der Waals surface area contributed by atoms with Crippen LogP contribution in [0.2, 0.25) is 0 Å². The summed E-state index contributed by atoms with van der Waals surface area (Å²) in [5.41, 5.74) is 7.06. The van der Waals surface area contributed by atoms with E-state index in [1.165, 1.54) is 43.8 Å². The highest BCUT2D eigenvalue weighted by Crippen LogP contribution is 2.44. The van der Waals surface area contributed by atoms with Crippen molar-refractivity contribution in [3.63, 3.8) is 0 Å². The first kappa shape index (κ1) is 24.2. The van der Waals surface area contributed by atoms with Crippen molar-refractivity contribution in [2.45, 2.75) is 0 Å². The van der Waals surface area contributed by atoms with Crippen LogP contribution in [0.1, 0.15) is 0 Å². The number of hydrogen-bond acceptors (Lipinski definition) is 1. The minimum atomic E-state index is -1.66. The molecule has 0 radical (unpaired) electrons. The second-order valence-electron chi connectivity index (χ2n) is 9.97. The van der Waals surface area contributed by atoms with E-state index < -0.39 is 7.80 Å². The van der Waals surface area contributed by atoms with Crippen LogP contribution in [0.25, 0.3) is 54.9 Å². The van der Waals surface area contributed by atoms with E-state index in [1.807, 2.05) is 42.5 Å². The monoisotopic (exact) mass is 529 g/mol. The predicted molar refractivity (Wildman–Crippen MR) is 171 cm³/mol. The summed E-state index contributed by atoms with van der Waals surface area (Å²) in [6, 6.07) is 54.7. The highest BCUT2D eigenvalue weighted by molar-refractivity contribution is 7.61. The van der Waals surface area contributed by atoms with Crippen molar-refractivity contribution in [2.75, 3.05) is 0 Å². The summed E-state index contributed by atoms with van der Waals surface area (Å²) in [7, 11) is -1.66. The third-order valence-corrected chi connectivity index (χ3v) is 9.07. The second-order valence-corrected chi connectivity index (χ2v) is 11.6. The molecule has 0 heterocycles. The summed E-state index contributed by atoms with van der Waals surface area (Å²) in [6.07, 6.45) is 0. The first-order valence-corrected chi connectivity index (χ1v) is 14.8. The third kappa shape index (κ3) is 4.31. The van der Waals surface area contributed by atoms with Crippen molar-refractivity contribution in [3.05, 3.63) is 158 Å². The van der Waals surface area contributed by atoms with Crippen LogP contribution in [-0.2, 0) is 4.57 Å². The molecule has 0 aliphatic carbocycles. The van der Waals surface area contributed by atoms with Gasteiger partial charge in [-0.05, 0) is 85.3 Å². The third-order valence-electron chi connectivity index (χ3n) is 7.55. The highest BCUT2D eigenvalue weighted by Gasteiger charge is 2.24. The van der Waals surface area contributed by atoms with Crippen molar-refractivity contribution in [3.8, 4) is 33.4 Å². The van der Waals surface area contributed by atoms with Gasteiger partial charge in [-0.1, -0.05) is 132 Å².